The summed E-state index contributed by atoms with van der Waals surface area (Å²) in [5.74, 6) is 0.00849. The number of anilines is 1. The number of fused-ring (bicyclic) bond motifs is 1. The minimum atomic E-state index is -2.51. The highest BCUT2D eigenvalue weighted by Crippen LogP contribution is 2.36. The minimum Gasteiger partial charge on any atom is -0.486 e. The summed E-state index contributed by atoms with van der Waals surface area (Å²) in [5.41, 5.74) is 7.15. The summed E-state index contributed by atoms with van der Waals surface area (Å²) >= 11 is 12.5. The number of benzene rings is 1. The van der Waals surface area contributed by atoms with Gasteiger partial charge in [-0.05, 0) is 31.2 Å². The van der Waals surface area contributed by atoms with Gasteiger partial charge < -0.3 is 15.4 Å². The molecule has 1 aromatic carbocycles. The molecule has 7 nitrogen and oxygen atoms in total. The lowest BCUT2D eigenvalue weighted by molar-refractivity contribution is 0.0937. The normalized spacial score (nSPS) is 15.8. The average Bonchev–Trinajstić information content (AvgIpc) is 3.20. The molecule has 5 rings (SSSR count). The molecule has 0 amide bonds. The molecular weight excluding hydrogens is 516 g/mol. The first-order valence-electron chi connectivity index (χ1n) is 11.0. The number of rotatable bonds is 7. The second-order valence-corrected chi connectivity index (χ2v) is 9.71. The lowest BCUT2D eigenvalue weighted by atomic mass is 9.87. The SMILES string of the molecule is C[C@@H](Oc1ccc2[nH]nc(-c3cnc(N4CC(N)(CC(F)F)C4)c(F)c3)c2c1)c1c(Cl)cncc1Cl. The Balaban J connectivity index is 1.38. The van der Waals surface area contributed by atoms with Crippen LogP contribution >= 0.6 is 23.2 Å². The topological polar surface area (TPSA) is 93.0 Å². The van der Waals surface area contributed by atoms with Gasteiger partial charge in [-0.2, -0.15) is 5.10 Å². The molecule has 1 aliphatic heterocycles. The molecule has 3 aromatic heterocycles. The van der Waals surface area contributed by atoms with E-state index in [2.05, 4.69) is 20.2 Å². The van der Waals surface area contributed by atoms with Crippen molar-refractivity contribution in [1.29, 1.82) is 0 Å². The summed E-state index contributed by atoms with van der Waals surface area (Å²) in [6.07, 6.45) is 1.07. The number of nitrogens with two attached hydrogens (primary N) is 1. The molecule has 0 bridgehead atoms. The largest absolute Gasteiger partial charge is 0.486 e. The van der Waals surface area contributed by atoms with Gasteiger partial charge in [-0.3, -0.25) is 10.1 Å². The summed E-state index contributed by atoms with van der Waals surface area (Å²) in [5, 5.41) is 8.73. The number of hydrogen-bond donors (Lipinski definition) is 2. The molecule has 1 fully saturated rings. The van der Waals surface area contributed by atoms with Crippen LogP contribution in [0.3, 0.4) is 0 Å². The Morgan fingerprint density at radius 3 is 2.56 bits per heavy atom. The smallest absolute Gasteiger partial charge is 0.240 e. The predicted octanol–water partition coefficient (Wildman–Crippen LogP) is 5.78. The molecule has 0 unspecified atom stereocenters. The molecule has 188 valence electrons. The van der Waals surface area contributed by atoms with Crippen LogP contribution in [0.2, 0.25) is 10.0 Å². The molecule has 4 aromatic rings. The number of halogens is 5. The van der Waals surface area contributed by atoms with E-state index >= 15 is 0 Å². The van der Waals surface area contributed by atoms with Gasteiger partial charge in [0.15, 0.2) is 11.6 Å². The van der Waals surface area contributed by atoms with Gasteiger partial charge in [0.25, 0.3) is 0 Å². The van der Waals surface area contributed by atoms with E-state index in [0.29, 0.717) is 38.0 Å². The Morgan fingerprint density at radius 2 is 1.89 bits per heavy atom. The number of nitrogens with zero attached hydrogens (tertiary/aromatic N) is 4. The maximum Gasteiger partial charge on any atom is 0.240 e. The number of nitrogens with one attached hydrogen (secondary N) is 1. The Morgan fingerprint density at radius 1 is 1.17 bits per heavy atom. The second-order valence-electron chi connectivity index (χ2n) is 8.90. The van der Waals surface area contributed by atoms with E-state index in [1.54, 1.807) is 23.1 Å². The van der Waals surface area contributed by atoms with Crippen molar-refractivity contribution in [1.82, 2.24) is 20.2 Å². The van der Waals surface area contributed by atoms with Crippen LogP contribution < -0.4 is 15.4 Å². The van der Waals surface area contributed by atoms with Crippen molar-refractivity contribution in [3.8, 4) is 17.0 Å². The van der Waals surface area contributed by atoms with Crippen LogP contribution in [-0.2, 0) is 0 Å². The number of H-pyrrole nitrogens is 1. The molecule has 3 N–H and O–H groups in total. The summed E-state index contributed by atoms with van der Waals surface area (Å²) < 4.78 is 46.4. The van der Waals surface area contributed by atoms with Crippen LogP contribution in [0.15, 0.2) is 42.9 Å². The van der Waals surface area contributed by atoms with Gasteiger partial charge in [0.2, 0.25) is 6.43 Å². The highest BCUT2D eigenvalue weighted by Gasteiger charge is 2.43. The second kappa shape index (κ2) is 9.42. The number of ether oxygens (including phenoxy) is 1. The molecule has 1 saturated heterocycles. The Hall–Kier alpha value is -3.08. The van der Waals surface area contributed by atoms with Crippen LogP contribution in [0.4, 0.5) is 19.0 Å². The van der Waals surface area contributed by atoms with Crippen LogP contribution in [0, 0.1) is 5.82 Å². The number of pyridine rings is 2. The van der Waals surface area contributed by atoms with Gasteiger partial charge in [-0.25, -0.2) is 18.2 Å². The zero-order chi connectivity index (χ0) is 25.6. The summed E-state index contributed by atoms with van der Waals surface area (Å²) in [4.78, 5) is 9.73. The minimum absolute atomic E-state index is 0.0675. The summed E-state index contributed by atoms with van der Waals surface area (Å²) in [6, 6.07) is 6.66. The molecule has 0 spiro atoms. The van der Waals surface area contributed by atoms with Crippen molar-refractivity contribution < 1.29 is 17.9 Å². The van der Waals surface area contributed by atoms with Crippen molar-refractivity contribution in [2.75, 3.05) is 18.0 Å². The molecule has 0 aliphatic carbocycles. The van der Waals surface area contributed by atoms with Crippen LogP contribution in [0.5, 0.6) is 5.75 Å². The molecule has 12 heteroatoms. The van der Waals surface area contributed by atoms with E-state index in [0.717, 1.165) is 5.52 Å². The molecule has 0 radical (unpaired) electrons. The number of hydrogen-bond acceptors (Lipinski definition) is 6. The highest BCUT2D eigenvalue weighted by atomic mass is 35.5. The Labute approximate surface area is 214 Å². The van der Waals surface area contributed by atoms with Crippen molar-refractivity contribution in [3.05, 3.63) is 64.3 Å². The standard InChI is InChI=1S/C24H21Cl2F3N6O/c1-12(21-16(25)8-31-9-17(21)26)36-14-2-3-19-15(5-14)22(34-33-19)13-4-18(27)23(32-7-13)35-10-24(30,11-35)6-20(28)29/h2-5,7-9,12,20H,6,10-11,30H2,1H3,(H,33,34)/t12-/m1/s1. The van der Waals surface area contributed by atoms with Gasteiger partial charge in [0.1, 0.15) is 17.5 Å². The van der Waals surface area contributed by atoms with Gasteiger partial charge in [-0.1, -0.05) is 23.2 Å². The average molecular weight is 537 g/mol. The van der Waals surface area contributed by atoms with E-state index in [9.17, 15) is 13.2 Å². The highest BCUT2D eigenvalue weighted by molar-refractivity contribution is 6.35. The third-order valence-electron chi connectivity index (χ3n) is 6.11. The van der Waals surface area contributed by atoms with E-state index in [1.807, 2.05) is 6.92 Å². The number of aromatic nitrogens is 4. The monoisotopic (exact) mass is 536 g/mol. The predicted molar refractivity (Wildman–Crippen MR) is 132 cm³/mol. The van der Waals surface area contributed by atoms with Gasteiger partial charge >= 0.3 is 0 Å². The summed E-state index contributed by atoms with van der Waals surface area (Å²) in [6.45, 7) is 2.03. The van der Waals surface area contributed by atoms with Crippen molar-refractivity contribution in [3.63, 3.8) is 0 Å². The molecule has 4 heterocycles. The molecule has 1 aliphatic rings. The fraction of sp³-hybridized carbons (Fsp3) is 0.292. The lowest BCUT2D eigenvalue weighted by Crippen LogP contribution is -2.68. The van der Waals surface area contributed by atoms with Gasteiger partial charge in [0.05, 0.1) is 21.1 Å². The van der Waals surface area contributed by atoms with Crippen LogP contribution in [-0.4, -0.2) is 45.2 Å². The third kappa shape index (κ3) is 4.68. The zero-order valence-corrected chi connectivity index (χ0v) is 20.5. The fourth-order valence-corrected chi connectivity index (χ4v) is 5.12. The van der Waals surface area contributed by atoms with E-state index in [1.165, 1.54) is 24.7 Å². The molecule has 36 heavy (non-hydrogen) atoms. The molecule has 0 saturated carbocycles. The first-order valence-corrected chi connectivity index (χ1v) is 11.8. The Kier molecular flexibility index (Phi) is 6.44. The van der Waals surface area contributed by atoms with Gasteiger partial charge in [-0.15, -0.1) is 0 Å². The van der Waals surface area contributed by atoms with Gasteiger partial charge in [0, 0.05) is 54.6 Å². The van der Waals surface area contributed by atoms with Crippen LogP contribution in [0.1, 0.15) is 25.0 Å². The van der Waals surface area contributed by atoms with Crippen LogP contribution in [0.25, 0.3) is 22.2 Å². The maximum atomic E-state index is 15.0. The number of alkyl halides is 2. The third-order valence-corrected chi connectivity index (χ3v) is 6.71. The maximum absolute atomic E-state index is 15.0. The fourth-order valence-electron chi connectivity index (χ4n) is 4.45. The molecular formula is C24H21Cl2F3N6O. The van der Waals surface area contributed by atoms with E-state index < -0.39 is 30.3 Å². The van der Waals surface area contributed by atoms with Crippen molar-refractivity contribution in [2.24, 2.45) is 5.73 Å². The van der Waals surface area contributed by atoms with Crippen molar-refractivity contribution in [2.45, 2.75) is 31.4 Å². The lowest BCUT2D eigenvalue weighted by Gasteiger charge is -2.48. The molecule has 1 atom stereocenters. The zero-order valence-electron chi connectivity index (χ0n) is 19.0. The first-order chi connectivity index (χ1) is 17.1. The summed E-state index contributed by atoms with van der Waals surface area (Å²) in [7, 11) is 0. The number of aromatic amines is 1. The first kappa shape index (κ1) is 24.6. The quantitative estimate of drug-likeness (QED) is 0.311. The van der Waals surface area contributed by atoms with Crippen molar-refractivity contribution >= 4 is 39.9 Å². The Bertz CT molecular complexity index is 1410. The van der Waals surface area contributed by atoms with E-state index in [4.69, 9.17) is 33.7 Å². The van der Waals surface area contributed by atoms with E-state index in [-0.39, 0.29) is 18.9 Å².